The average Bonchev–Trinajstić information content (AvgIpc) is 3.05. The van der Waals surface area contributed by atoms with E-state index >= 15 is 0 Å². The number of aliphatic carboxylic acids is 1. The van der Waals surface area contributed by atoms with Gasteiger partial charge in [-0.2, -0.15) is 4.98 Å². The molecular formula is C13H12N2O5. The lowest BCUT2D eigenvalue weighted by Crippen LogP contribution is -1.95. The van der Waals surface area contributed by atoms with E-state index in [1.165, 1.54) is 0 Å². The predicted octanol–water partition coefficient (Wildman–Crippen LogP) is 1.87. The highest BCUT2D eigenvalue weighted by Crippen LogP contribution is 2.35. The van der Waals surface area contributed by atoms with Gasteiger partial charge < -0.3 is 19.1 Å². The van der Waals surface area contributed by atoms with Gasteiger partial charge in [-0.05, 0) is 24.6 Å². The molecule has 0 saturated heterocycles. The van der Waals surface area contributed by atoms with Crippen LogP contribution in [0.5, 0.6) is 11.5 Å². The van der Waals surface area contributed by atoms with Crippen LogP contribution >= 0.6 is 0 Å². The monoisotopic (exact) mass is 276 g/mol. The van der Waals surface area contributed by atoms with Crippen LogP contribution in [0.2, 0.25) is 0 Å². The normalized spacial score (nSPS) is 12.6. The molecule has 2 heterocycles. The number of carboxylic acids is 1. The fourth-order valence-electron chi connectivity index (χ4n) is 1.90. The molecule has 1 aromatic carbocycles. The van der Waals surface area contributed by atoms with Crippen molar-refractivity contribution in [3.8, 4) is 22.9 Å². The molecular weight excluding hydrogens is 264 g/mol. The van der Waals surface area contributed by atoms with Crippen molar-refractivity contribution in [2.45, 2.75) is 19.3 Å². The van der Waals surface area contributed by atoms with Crippen LogP contribution in [0.1, 0.15) is 18.7 Å². The maximum Gasteiger partial charge on any atom is 0.303 e. The Balaban J connectivity index is 1.71. The quantitative estimate of drug-likeness (QED) is 0.890. The van der Waals surface area contributed by atoms with E-state index in [2.05, 4.69) is 10.1 Å². The van der Waals surface area contributed by atoms with Crippen molar-refractivity contribution in [1.29, 1.82) is 0 Å². The minimum Gasteiger partial charge on any atom is -0.481 e. The summed E-state index contributed by atoms with van der Waals surface area (Å²) in [6, 6.07) is 5.39. The van der Waals surface area contributed by atoms with Crippen LogP contribution in [-0.4, -0.2) is 28.0 Å². The zero-order valence-corrected chi connectivity index (χ0v) is 10.5. The van der Waals surface area contributed by atoms with E-state index in [1.54, 1.807) is 12.1 Å². The third-order valence-corrected chi connectivity index (χ3v) is 2.88. The lowest BCUT2D eigenvalue weighted by atomic mass is 10.2. The minimum absolute atomic E-state index is 0.0851. The van der Waals surface area contributed by atoms with Crippen LogP contribution in [0.3, 0.4) is 0 Å². The van der Waals surface area contributed by atoms with Gasteiger partial charge in [-0.15, -0.1) is 0 Å². The molecule has 0 saturated carbocycles. The Morgan fingerprint density at radius 3 is 3.00 bits per heavy atom. The van der Waals surface area contributed by atoms with Crippen LogP contribution in [0, 0.1) is 0 Å². The number of rotatable bonds is 5. The molecule has 20 heavy (non-hydrogen) atoms. The highest BCUT2D eigenvalue weighted by molar-refractivity contribution is 5.66. The molecule has 1 aliphatic rings. The standard InChI is InChI=1S/C13H12N2O5/c16-12(17)3-1-2-11-14-13(15-20-11)8-4-5-9-10(6-8)19-7-18-9/h4-6H,1-3,7H2,(H,16,17). The Morgan fingerprint density at radius 2 is 2.15 bits per heavy atom. The summed E-state index contributed by atoms with van der Waals surface area (Å²) in [5, 5.41) is 12.5. The molecule has 7 heteroatoms. The number of aromatic nitrogens is 2. The molecule has 0 radical (unpaired) electrons. The first kappa shape index (κ1) is 12.5. The maximum absolute atomic E-state index is 10.4. The van der Waals surface area contributed by atoms with Crippen LogP contribution in [0.15, 0.2) is 22.7 Å². The van der Waals surface area contributed by atoms with Crippen LogP contribution < -0.4 is 9.47 Å². The van der Waals surface area contributed by atoms with Gasteiger partial charge in [-0.25, -0.2) is 0 Å². The first-order valence-electron chi connectivity index (χ1n) is 6.17. The number of nitrogens with zero attached hydrogens (tertiary/aromatic N) is 2. The Bertz CT molecular complexity index is 637. The summed E-state index contributed by atoms with van der Waals surface area (Å²) < 4.78 is 15.6. The lowest BCUT2D eigenvalue weighted by molar-refractivity contribution is -0.137. The van der Waals surface area contributed by atoms with Gasteiger partial charge in [-0.3, -0.25) is 4.79 Å². The van der Waals surface area contributed by atoms with E-state index < -0.39 is 5.97 Å². The number of hydrogen-bond donors (Lipinski definition) is 1. The van der Waals surface area contributed by atoms with Gasteiger partial charge in [0.05, 0.1) is 0 Å². The molecule has 0 aliphatic carbocycles. The van der Waals surface area contributed by atoms with Crippen molar-refractivity contribution in [3.05, 3.63) is 24.1 Å². The van der Waals surface area contributed by atoms with Crippen molar-refractivity contribution < 1.29 is 23.9 Å². The Kier molecular flexibility index (Phi) is 3.24. The molecule has 0 unspecified atom stereocenters. The molecule has 1 aromatic heterocycles. The molecule has 104 valence electrons. The molecule has 0 amide bonds. The molecule has 0 atom stereocenters. The van der Waals surface area contributed by atoms with Gasteiger partial charge in [0.2, 0.25) is 18.5 Å². The Morgan fingerprint density at radius 1 is 1.30 bits per heavy atom. The lowest BCUT2D eigenvalue weighted by Gasteiger charge is -1.97. The van der Waals surface area contributed by atoms with Gasteiger partial charge >= 0.3 is 5.97 Å². The van der Waals surface area contributed by atoms with Crippen LogP contribution in [0.25, 0.3) is 11.4 Å². The number of hydrogen-bond acceptors (Lipinski definition) is 6. The van der Waals surface area contributed by atoms with Gasteiger partial charge in [0.15, 0.2) is 11.5 Å². The smallest absolute Gasteiger partial charge is 0.303 e. The summed E-state index contributed by atoms with van der Waals surface area (Å²) in [6.07, 6.45) is 1.00. The van der Waals surface area contributed by atoms with E-state index in [1.807, 2.05) is 6.07 Å². The first-order chi connectivity index (χ1) is 9.72. The molecule has 0 bridgehead atoms. The summed E-state index contributed by atoms with van der Waals surface area (Å²) in [4.78, 5) is 14.7. The first-order valence-corrected chi connectivity index (χ1v) is 6.17. The number of carbonyl (C=O) groups is 1. The summed E-state index contributed by atoms with van der Waals surface area (Å²) in [5.41, 5.74) is 0.766. The Labute approximate surface area is 114 Å². The molecule has 3 rings (SSSR count). The largest absolute Gasteiger partial charge is 0.481 e. The number of aryl methyl sites for hydroxylation is 1. The topological polar surface area (TPSA) is 94.7 Å². The zero-order chi connectivity index (χ0) is 13.9. The van der Waals surface area contributed by atoms with Crippen molar-refractivity contribution in [2.75, 3.05) is 6.79 Å². The SMILES string of the molecule is O=C(O)CCCc1nc(-c2ccc3c(c2)OCO3)no1. The second-order valence-corrected chi connectivity index (χ2v) is 4.33. The van der Waals surface area contributed by atoms with Crippen LogP contribution in [0.4, 0.5) is 0 Å². The summed E-state index contributed by atoms with van der Waals surface area (Å²) in [5.74, 6) is 1.40. The average molecular weight is 276 g/mol. The molecule has 1 N–H and O–H groups in total. The number of ether oxygens (including phenoxy) is 2. The molecule has 0 spiro atoms. The third kappa shape index (κ3) is 2.56. The molecule has 2 aromatic rings. The number of fused-ring (bicyclic) bond motifs is 1. The summed E-state index contributed by atoms with van der Waals surface area (Å²) >= 11 is 0. The van der Waals surface area contributed by atoms with Gasteiger partial charge in [0.25, 0.3) is 0 Å². The minimum atomic E-state index is -0.833. The molecule has 0 fully saturated rings. The van der Waals surface area contributed by atoms with Crippen molar-refractivity contribution in [3.63, 3.8) is 0 Å². The van der Waals surface area contributed by atoms with E-state index in [0.29, 0.717) is 36.1 Å². The van der Waals surface area contributed by atoms with E-state index in [0.717, 1.165) is 5.56 Å². The zero-order valence-electron chi connectivity index (χ0n) is 10.5. The van der Waals surface area contributed by atoms with Gasteiger partial charge in [-0.1, -0.05) is 5.16 Å². The molecule has 7 nitrogen and oxygen atoms in total. The highest BCUT2D eigenvalue weighted by atomic mass is 16.7. The van der Waals surface area contributed by atoms with Gasteiger partial charge in [0, 0.05) is 18.4 Å². The second kappa shape index (κ2) is 5.20. The maximum atomic E-state index is 10.4. The van der Waals surface area contributed by atoms with Crippen molar-refractivity contribution in [2.24, 2.45) is 0 Å². The summed E-state index contributed by atoms with van der Waals surface area (Å²) in [6.45, 7) is 0.214. The third-order valence-electron chi connectivity index (χ3n) is 2.88. The highest BCUT2D eigenvalue weighted by Gasteiger charge is 2.16. The predicted molar refractivity (Wildman–Crippen MR) is 66.4 cm³/mol. The van der Waals surface area contributed by atoms with E-state index in [4.69, 9.17) is 19.1 Å². The van der Waals surface area contributed by atoms with Crippen molar-refractivity contribution >= 4 is 5.97 Å². The molecule has 1 aliphatic heterocycles. The van der Waals surface area contributed by atoms with E-state index in [9.17, 15) is 4.79 Å². The van der Waals surface area contributed by atoms with Crippen LogP contribution in [-0.2, 0) is 11.2 Å². The summed E-state index contributed by atoms with van der Waals surface area (Å²) in [7, 11) is 0. The van der Waals surface area contributed by atoms with Gasteiger partial charge in [0.1, 0.15) is 0 Å². The Hall–Kier alpha value is -2.57. The van der Waals surface area contributed by atoms with Crippen molar-refractivity contribution in [1.82, 2.24) is 10.1 Å². The number of carboxylic acid groups (broad SMARTS) is 1. The second-order valence-electron chi connectivity index (χ2n) is 4.33. The fourth-order valence-corrected chi connectivity index (χ4v) is 1.90. The fraction of sp³-hybridized carbons (Fsp3) is 0.308. The number of benzene rings is 1. The van der Waals surface area contributed by atoms with E-state index in [-0.39, 0.29) is 13.2 Å².